The van der Waals surface area contributed by atoms with Gasteiger partial charge in [-0.25, -0.2) is 9.80 Å². The van der Waals surface area contributed by atoms with Crippen molar-refractivity contribution in [3.8, 4) is 0 Å². The number of nitrogens with zero attached hydrogens (tertiary/aromatic N) is 2. The number of aldehydes is 1. The Labute approximate surface area is 194 Å². The van der Waals surface area contributed by atoms with Crippen LogP contribution in [0.5, 0.6) is 0 Å². The SMILES string of the molecule is CN(c1ccc([C@@H]2C[C@H]2N)cc1)N(C(=O)OCc1ccccc1)C(C=O)Cc1ccccc1. The molecule has 3 aromatic carbocycles. The maximum atomic E-state index is 13.2. The van der Waals surface area contributed by atoms with E-state index in [-0.39, 0.29) is 12.6 Å². The van der Waals surface area contributed by atoms with Gasteiger partial charge in [0.1, 0.15) is 18.9 Å². The van der Waals surface area contributed by atoms with E-state index in [9.17, 15) is 9.59 Å². The number of carbonyl (C=O) groups is 2. The van der Waals surface area contributed by atoms with Crippen LogP contribution in [0.3, 0.4) is 0 Å². The minimum atomic E-state index is -0.725. The van der Waals surface area contributed by atoms with Crippen LogP contribution in [0.2, 0.25) is 0 Å². The number of carbonyl (C=O) groups excluding carboxylic acids is 2. The number of amides is 1. The summed E-state index contributed by atoms with van der Waals surface area (Å²) in [6, 6.07) is 26.6. The Hall–Kier alpha value is -3.64. The van der Waals surface area contributed by atoms with Crippen molar-refractivity contribution in [2.24, 2.45) is 5.73 Å². The average molecular weight is 444 g/mol. The summed E-state index contributed by atoms with van der Waals surface area (Å²) in [7, 11) is 1.77. The number of nitrogens with two attached hydrogens (primary N) is 1. The molecule has 2 N–H and O–H groups in total. The number of hydrogen-bond acceptors (Lipinski definition) is 5. The van der Waals surface area contributed by atoms with Crippen molar-refractivity contribution in [1.29, 1.82) is 0 Å². The molecule has 1 aliphatic carbocycles. The Morgan fingerprint density at radius 3 is 2.12 bits per heavy atom. The van der Waals surface area contributed by atoms with Crippen LogP contribution in [-0.4, -0.2) is 36.5 Å². The van der Waals surface area contributed by atoms with Gasteiger partial charge in [0.05, 0.1) is 5.69 Å². The summed E-state index contributed by atoms with van der Waals surface area (Å²) in [6.45, 7) is 0.124. The van der Waals surface area contributed by atoms with Crippen molar-refractivity contribution in [2.45, 2.75) is 37.5 Å². The van der Waals surface area contributed by atoms with Gasteiger partial charge in [-0.1, -0.05) is 72.8 Å². The zero-order valence-corrected chi connectivity index (χ0v) is 18.7. The van der Waals surface area contributed by atoms with Gasteiger partial charge in [-0.05, 0) is 35.2 Å². The molecule has 6 heteroatoms. The molecule has 1 unspecified atom stereocenters. The Bertz CT molecular complexity index is 1060. The van der Waals surface area contributed by atoms with E-state index >= 15 is 0 Å². The van der Waals surface area contributed by atoms with E-state index in [1.807, 2.05) is 84.9 Å². The molecule has 0 aliphatic heterocycles. The number of hydrazine groups is 1. The van der Waals surface area contributed by atoms with Crippen LogP contribution >= 0.6 is 0 Å². The van der Waals surface area contributed by atoms with E-state index in [4.69, 9.17) is 10.5 Å². The van der Waals surface area contributed by atoms with Gasteiger partial charge in [0.2, 0.25) is 0 Å². The molecule has 33 heavy (non-hydrogen) atoms. The molecule has 4 rings (SSSR count). The van der Waals surface area contributed by atoms with Gasteiger partial charge < -0.3 is 15.3 Å². The lowest BCUT2D eigenvalue weighted by Crippen LogP contribution is -2.52. The highest BCUT2D eigenvalue weighted by Gasteiger charge is 2.35. The van der Waals surface area contributed by atoms with Gasteiger partial charge >= 0.3 is 6.09 Å². The minimum absolute atomic E-state index is 0.124. The largest absolute Gasteiger partial charge is 0.443 e. The van der Waals surface area contributed by atoms with Crippen LogP contribution in [0, 0.1) is 0 Å². The molecule has 3 aromatic rings. The lowest BCUT2D eigenvalue weighted by atomic mass is 10.1. The molecule has 170 valence electrons. The van der Waals surface area contributed by atoms with Gasteiger partial charge in [0.15, 0.2) is 0 Å². The van der Waals surface area contributed by atoms with Crippen LogP contribution in [-0.2, 0) is 22.6 Å². The number of ether oxygens (including phenoxy) is 1. The maximum absolute atomic E-state index is 13.2. The predicted molar refractivity (Wildman–Crippen MR) is 129 cm³/mol. The quantitative estimate of drug-likeness (QED) is 0.394. The van der Waals surface area contributed by atoms with Gasteiger partial charge in [-0.2, -0.15) is 0 Å². The standard InChI is InChI=1S/C27H29N3O3/c1-29(23-14-12-22(13-15-23)25-17-26(25)28)30(24(18-31)16-20-8-4-2-5-9-20)27(32)33-19-21-10-6-3-7-11-21/h2-15,18,24-26H,16-17,19,28H2,1H3/t24?,25-,26+/m0/s1. The van der Waals surface area contributed by atoms with Crippen molar-refractivity contribution in [2.75, 3.05) is 12.1 Å². The van der Waals surface area contributed by atoms with Crippen molar-refractivity contribution < 1.29 is 14.3 Å². The smallest absolute Gasteiger partial charge is 0.429 e. The molecule has 6 nitrogen and oxygen atoms in total. The summed E-state index contributed by atoms with van der Waals surface area (Å²) >= 11 is 0. The molecule has 0 radical (unpaired) electrons. The van der Waals surface area contributed by atoms with Crippen molar-refractivity contribution in [3.05, 3.63) is 102 Å². The first kappa shape index (κ1) is 22.6. The third-order valence-corrected chi connectivity index (χ3v) is 6.01. The zero-order chi connectivity index (χ0) is 23.2. The molecular weight excluding hydrogens is 414 g/mol. The highest BCUT2D eigenvalue weighted by molar-refractivity contribution is 5.76. The van der Waals surface area contributed by atoms with Crippen LogP contribution in [0.15, 0.2) is 84.9 Å². The fourth-order valence-corrected chi connectivity index (χ4v) is 3.97. The summed E-state index contributed by atoms with van der Waals surface area (Å²) in [5.41, 5.74) is 9.79. The number of hydrogen-bond donors (Lipinski definition) is 1. The molecule has 1 fully saturated rings. The van der Waals surface area contributed by atoms with E-state index < -0.39 is 12.1 Å². The molecule has 0 saturated heterocycles. The molecule has 0 spiro atoms. The van der Waals surface area contributed by atoms with E-state index in [2.05, 4.69) is 0 Å². The van der Waals surface area contributed by atoms with Crippen LogP contribution in [0.25, 0.3) is 0 Å². The Morgan fingerprint density at radius 2 is 1.58 bits per heavy atom. The fraction of sp³-hybridized carbons (Fsp3) is 0.259. The van der Waals surface area contributed by atoms with Crippen molar-refractivity contribution in [1.82, 2.24) is 5.01 Å². The first-order chi connectivity index (χ1) is 16.1. The predicted octanol–water partition coefficient (Wildman–Crippen LogP) is 4.30. The van der Waals surface area contributed by atoms with E-state index in [1.165, 1.54) is 10.6 Å². The molecule has 1 aliphatic rings. The summed E-state index contributed by atoms with van der Waals surface area (Å²) in [5, 5.41) is 3.08. The Morgan fingerprint density at radius 1 is 1.00 bits per heavy atom. The topological polar surface area (TPSA) is 75.9 Å². The first-order valence-corrected chi connectivity index (χ1v) is 11.1. The molecule has 0 heterocycles. The lowest BCUT2D eigenvalue weighted by Gasteiger charge is -2.36. The van der Waals surface area contributed by atoms with Gasteiger partial charge in [0, 0.05) is 25.4 Å². The summed E-state index contributed by atoms with van der Waals surface area (Å²) in [4.78, 5) is 25.4. The van der Waals surface area contributed by atoms with Gasteiger partial charge in [-0.3, -0.25) is 5.01 Å². The highest BCUT2D eigenvalue weighted by Crippen LogP contribution is 2.39. The second-order valence-electron chi connectivity index (χ2n) is 8.40. The molecule has 1 saturated carbocycles. The summed E-state index contributed by atoms with van der Waals surface area (Å²) in [5.74, 6) is 0.400. The Balaban J connectivity index is 1.56. The fourth-order valence-electron chi connectivity index (χ4n) is 3.97. The van der Waals surface area contributed by atoms with Crippen LogP contribution in [0.1, 0.15) is 29.0 Å². The van der Waals surface area contributed by atoms with Crippen LogP contribution < -0.4 is 10.7 Å². The second kappa shape index (κ2) is 10.3. The molecule has 3 atom stereocenters. The molecule has 0 bridgehead atoms. The lowest BCUT2D eigenvalue weighted by molar-refractivity contribution is -0.112. The molecular formula is C27H29N3O3. The van der Waals surface area contributed by atoms with Crippen LogP contribution in [0.4, 0.5) is 10.5 Å². The minimum Gasteiger partial charge on any atom is -0.443 e. The zero-order valence-electron chi connectivity index (χ0n) is 18.7. The number of rotatable bonds is 9. The average Bonchev–Trinajstić information content (AvgIpc) is 3.60. The highest BCUT2D eigenvalue weighted by atomic mass is 16.6. The summed E-state index contributed by atoms with van der Waals surface area (Å²) in [6.07, 6.45) is 1.59. The molecule has 1 amide bonds. The van der Waals surface area contributed by atoms with Gasteiger partial charge in [-0.15, -0.1) is 0 Å². The van der Waals surface area contributed by atoms with Crippen molar-refractivity contribution in [3.63, 3.8) is 0 Å². The summed E-state index contributed by atoms with van der Waals surface area (Å²) < 4.78 is 5.61. The van der Waals surface area contributed by atoms with Crippen molar-refractivity contribution >= 4 is 18.1 Å². The second-order valence-corrected chi connectivity index (χ2v) is 8.40. The number of anilines is 1. The monoisotopic (exact) mass is 443 g/mol. The first-order valence-electron chi connectivity index (χ1n) is 11.1. The Kier molecular flexibility index (Phi) is 7.05. The third kappa shape index (κ3) is 5.59. The van der Waals surface area contributed by atoms with E-state index in [0.717, 1.165) is 29.5 Å². The van der Waals surface area contributed by atoms with Gasteiger partial charge in [0.25, 0.3) is 0 Å². The maximum Gasteiger partial charge on any atom is 0.429 e. The third-order valence-electron chi connectivity index (χ3n) is 6.01. The van der Waals surface area contributed by atoms with E-state index in [1.54, 1.807) is 12.1 Å². The van der Waals surface area contributed by atoms with E-state index in [0.29, 0.717) is 12.3 Å². The number of benzene rings is 3. The molecule has 0 aromatic heterocycles. The normalized spacial score (nSPS) is 17.6.